The number of nitrogens with zero attached hydrogens (tertiary/aromatic N) is 1. The Morgan fingerprint density at radius 2 is 1.17 bits per heavy atom. The second-order valence-electron chi connectivity index (χ2n) is 7.69. The number of hydrogen-bond donors (Lipinski definition) is 0. The fourth-order valence-electron chi connectivity index (χ4n) is 4.21. The van der Waals surface area contributed by atoms with Crippen LogP contribution in [0.1, 0.15) is 29.5 Å². The molecular weight excluding hydrogens is 358 g/mol. The summed E-state index contributed by atoms with van der Waals surface area (Å²) >= 11 is 0. The van der Waals surface area contributed by atoms with Crippen LogP contribution in [0.5, 0.6) is 0 Å². The number of rotatable bonds is 6. The third kappa shape index (κ3) is 4.41. The van der Waals surface area contributed by atoms with Crippen molar-refractivity contribution >= 4 is 5.91 Å². The first-order valence-corrected chi connectivity index (χ1v) is 10.3. The van der Waals surface area contributed by atoms with Gasteiger partial charge in [0.15, 0.2) is 0 Å². The molecule has 0 aliphatic carbocycles. The van der Waals surface area contributed by atoms with Crippen molar-refractivity contribution in [2.75, 3.05) is 13.2 Å². The maximum absolute atomic E-state index is 14.1. The van der Waals surface area contributed by atoms with Gasteiger partial charge in [-0.1, -0.05) is 91.0 Å². The van der Waals surface area contributed by atoms with Gasteiger partial charge in [0.1, 0.15) is 0 Å². The Morgan fingerprint density at radius 1 is 0.724 bits per heavy atom. The highest BCUT2D eigenvalue weighted by Gasteiger charge is 2.44. The Bertz CT molecular complexity index is 862. The van der Waals surface area contributed by atoms with Crippen molar-refractivity contribution < 1.29 is 9.53 Å². The summed E-state index contributed by atoms with van der Waals surface area (Å²) in [6.45, 7) is 2.43. The number of carbonyl (C=O) groups excluding carboxylic acids is 1. The first kappa shape index (κ1) is 19.4. The van der Waals surface area contributed by atoms with Gasteiger partial charge in [0, 0.05) is 26.3 Å². The van der Waals surface area contributed by atoms with Gasteiger partial charge >= 0.3 is 0 Å². The first-order chi connectivity index (χ1) is 14.3. The summed E-state index contributed by atoms with van der Waals surface area (Å²) in [7, 11) is 0. The molecule has 0 N–H and O–H groups in total. The summed E-state index contributed by atoms with van der Waals surface area (Å²) in [6.07, 6.45) is 1.44. The van der Waals surface area contributed by atoms with Gasteiger partial charge in [0.25, 0.3) is 0 Å². The summed E-state index contributed by atoms with van der Waals surface area (Å²) in [4.78, 5) is 16.1. The molecule has 1 heterocycles. The van der Waals surface area contributed by atoms with Crippen LogP contribution in [0.15, 0.2) is 91.0 Å². The minimum atomic E-state index is -0.525. The Balaban J connectivity index is 1.70. The Labute approximate surface area is 172 Å². The van der Waals surface area contributed by atoms with E-state index in [-0.39, 0.29) is 5.91 Å². The van der Waals surface area contributed by atoms with E-state index in [1.165, 1.54) is 0 Å². The lowest BCUT2D eigenvalue weighted by atomic mass is 9.73. The van der Waals surface area contributed by atoms with Crippen LogP contribution in [0.4, 0.5) is 0 Å². The molecule has 1 aliphatic rings. The lowest BCUT2D eigenvalue weighted by Crippen LogP contribution is -2.49. The third-order valence-electron chi connectivity index (χ3n) is 5.80. The van der Waals surface area contributed by atoms with E-state index in [0.717, 1.165) is 29.5 Å². The molecule has 148 valence electrons. The van der Waals surface area contributed by atoms with Crippen molar-refractivity contribution in [2.24, 2.45) is 0 Å². The molecule has 3 nitrogen and oxygen atoms in total. The molecular formula is C26H27NO2. The molecule has 0 radical (unpaired) electrons. The number of benzene rings is 3. The van der Waals surface area contributed by atoms with Crippen LogP contribution in [0.25, 0.3) is 0 Å². The molecule has 0 aromatic heterocycles. The van der Waals surface area contributed by atoms with Gasteiger partial charge in [0.05, 0.1) is 5.41 Å². The van der Waals surface area contributed by atoms with Crippen molar-refractivity contribution in [3.63, 3.8) is 0 Å². The summed E-state index contributed by atoms with van der Waals surface area (Å²) in [5, 5.41) is 0. The first-order valence-electron chi connectivity index (χ1n) is 10.3. The zero-order valence-corrected chi connectivity index (χ0v) is 16.7. The second kappa shape index (κ2) is 9.06. The summed E-state index contributed by atoms with van der Waals surface area (Å²) < 4.78 is 5.64. The minimum Gasteiger partial charge on any atom is -0.381 e. The maximum Gasteiger partial charge on any atom is 0.234 e. The van der Waals surface area contributed by atoms with Gasteiger partial charge in [-0.3, -0.25) is 4.79 Å². The summed E-state index contributed by atoms with van der Waals surface area (Å²) in [5.74, 6) is 0.194. The van der Waals surface area contributed by atoms with E-state index in [1.807, 2.05) is 59.5 Å². The van der Waals surface area contributed by atoms with Crippen molar-refractivity contribution in [2.45, 2.75) is 31.3 Å². The number of carbonyl (C=O) groups is 1. The van der Waals surface area contributed by atoms with Crippen LogP contribution in [-0.2, 0) is 28.0 Å². The predicted molar refractivity (Wildman–Crippen MR) is 115 cm³/mol. The molecule has 3 aromatic carbocycles. The molecule has 1 saturated heterocycles. The van der Waals surface area contributed by atoms with Crippen LogP contribution in [0.3, 0.4) is 0 Å². The van der Waals surface area contributed by atoms with Crippen molar-refractivity contribution in [3.8, 4) is 0 Å². The molecule has 29 heavy (non-hydrogen) atoms. The van der Waals surface area contributed by atoms with Gasteiger partial charge < -0.3 is 9.64 Å². The molecule has 0 atom stereocenters. The molecule has 3 heteroatoms. The lowest BCUT2D eigenvalue weighted by Gasteiger charge is -2.40. The smallest absolute Gasteiger partial charge is 0.234 e. The molecule has 3 aromatic rings. The SMILES string of the molecule is O=C(N(Cc1ccccc1)Cc1ccccc1)C1(c2ccccc2)CCOCC1. The molecule has 1 aliphatic heterocycles. The molecule has 0 unspecified atom stereocenters. The maximum atomic E-state index is 14.1. The number of amides is 1. The fraction of sp³-hybridized carbons (Fsp3) is 0.269. The van der Waals surface area contributed by atoms with Gasteiger partial charge in [-0.25, -0.2) is 0 Å². The highest BCUT2D eigenvalue weighted by molar-refractivity contribution is 5.88. The molecule has 0 saturated carbocycles. The second-order valence-corrected chi connectivity index (χ2v) is 7.69. The van der Waals surface area contributed by atoms with Gasteiger partial charge in [-0.2, -0.15) is 0 Å². The molecule has 0 bridgehead atoms. The van der Waals surface area contributed by atoms with Crippen LogP contribution in [-0.4, -0.2) is 24.0 Å². The van der Waals surface area contributed by atoms with Gasteiger partial charge in [0.2, 0.25) is 5.91 Å². The Hall–Kier alpha value is -2.91. The lowest BCUT2D eigenvalue weighted by molar-refractivity contribution is -0.142. The average molecular weight is 386 g/mol. The third-order valence-corrected chi connectivity index (χ3v) is 5.80. The average Bonchev–Trinajstić information content (AvgIpc) is 2.80. The van der Waals surface area contributed by atoms with Crippen LogP contribution in [0.2, 0.25) is 0 Å². The fourth-order valence-corrected chi connectivity index (χ4v) is 4.21. The minimum absolute atomic E-state index is 0.194. The van der Waals surface area contributed by atoms with Crippen LogP contribution in [0, 0.1) is 0 Å². The van der Waals surface area contributed by atoms with Crippen molar-refractivity contribution in [1.29, 1.82) is 0 Å². The molecule has 1 amide bonds. The molecule has 0 spiro atoms. The standard InChI is InChI=1S/C26H27NO2/c28-25(26(16-18-29-19-17-26)24-14-8-3-9-15-24)27(20-22-10-4-1-5-11-22)21-23-12-6-2-7-13-23/h1-15H,16-21H2. The van der Waals surface area contributed by atoms with E-state index >= 15 is 0 Å². The van der Waals surface area contributed by atoms with E-state index in [2.05, 4.69) is 36.4 Å². The van der Waals surface area contributed by atoms with E-state index in [4.69, 9.17) is 4.74 Å². The normalized spacial score (nSPS) is 15.6. The highest BCUT2D eigenvalue weighted by Crippen LogP contribution is 2.37. The zero-order valence-electron chi connectivity index (χ0n) is 16.7. The van der Waals surface area contributed by atoms with E-state index in [1.54, 1.807) is 0 Å². The van der Waals surface area contributed by atoms with E-state index in [9.17, 15) is 4.79 Å². The van der Waals surface area contributed by atoms with Crippen molar-refractivity contribution in [1.82, 2.24) is 4.90 Å². The van der Waals surface area contributed by atoms with Crippen LogP contribution >= 0.6 is 0 Å². The molecule has 1 fully saturated rings. The Morgan fingerprint density at radius 3 is 1.66 bits per heavy atom. The van der Waals surface area contributed by atoms with Crippen LogP contribution < -0.4 is 0 Å². The Kier molecular flexibility index (Phi) is 6.06. The topological polar surface area (TPSA) is 29.5 Å². The number of hydrogen-bond acceptors (Lipinski definition) is 2. The van der Waals surface area contributed by atoms with Gasteiger partial charge in [-0.15, -0.1) is 0 Å². The zero-order chi connectivity index (χ0) is 19.9. The monoisotopic (exact) mass is 385 g/mol. The van der Waals surface area contributed by atoms with Crippen molar-refractivity contribution in [3.05, 3.63) is 108 Å². The summed E-state index contributed by atoms with van der Waals surface area (Å²) in [5.41, 5.74) is 2.86. The largest absolute Gasteiger partial charge is 0.381 e. The number of ether oxygens (including phenoxy) is 1. The quantitative estimate of drug-likeness (QED) is 0.600. The van der Waals surface area contributed by atoms with E-state index < -0.39 is 5.41 Å². The van der Waals surface area contributed by atoms with Gasteiger partial charge in [-0.05, 0) is 29.5 Å². The summed E-state index contributed by atoms with van der Waals surface area (Å²) in [6, 6.07) is 30.7. The predicted octanol–water partition coefficient (Wildman–Crippen LogP) is 4.96. The molecule has 4 rings (SSSR count). The highest BCUT2D eigenvalue weighted by atomic mass is 16.5. The van der Waals surface area contributed by atoms with E-state index in [0.29, 0.717) is 26.3 Å².